The minimum absolute atomic E-state index is 0.168. The van der Waals surface area contributed by atoms with Crippen molar-refractivity contribution in [2.24, 2.45) is 0 Å². The topological polar surface area (TPSA) is 84.3 Å². The van der Waals surface area contributed by atoms with Crippen molar-refractivity contribution < 1.29 is 13.2 Å². The van der Waals surface area contributed by atoms with Crippen molar-refractivity contribution in [2.45, 2.75) is 56.4 Å². The highest BCUT2D eigenvalue weighted by atomic mass is 32.2. The minimum Gasteiger partial charge on any atom is -0.328 e. The molecule has 2 aromatic carbocycles. The van der Waals surface area contributed by atoms with Gasteiger partial charge in [0.1, 0.15) is 5.82 Å². The zero-order valence-corrected chi connectivity index (χ0v) is 20.1. The van der Waals surface area contributed by atoms with Crippen molar-refractivity contribution in [1.29, 1.82) is 0 Å². The van der Waals surface area contributed by atoms with Gasteiger partial charge in [0.15, 0.2) is 0 Å². The van der Waals surface area contributed by atoms with Crippen LogP contribution in [0.25, 0.3) is 11.4 Å². The highest BCUT2D eigenvalue weighted by molar-refractivity contribution is 7.89. The van der Waals surface area contributed by atoms with Gasteiger partial charge in [0.2, 0.25) is 10.0 Å². The molecule has 2 aliphatic rings. The van der Waals surface area contributed by atoms with Crippen LogP contribution in [0.1, 0.15) is 54.6 Å². The van der Waals surface area contributed by atoms with Gasteiger partial charge in [-0.2, -0.15) is 4.31 Å². The quantitative estimate of drug-likeness (QED) is 0.576. The Bertz CT molecular complexity index is 1270. The van der Waals surface area contributed by atoms with Crippen LogP contribution in [-0.2, 0) is 23.0 Å². The van der Waals surface area contributed by atoms with E-state index in [1.165, 1.54) is 18.2 Å². The lowest BCUT2D eigenvalue weighted by Crippen LogP contribution is -2.32. The second-order valence-electron chi connectivity index (χ2n) is 9.06. The van der Waals surface area contributed by atoms with Gasteiger partial charge < -0.3 is 9.88 Å². The first-order valence-electron chi connectivity index (χ1n) is 12.1. The van der Waals surface area contributed by atoms with E-state index in [1.54, 1.807) is 22.5 Å². The summed E-state index contributed by atoms with van der Waals surface area (Å²) in [6.45, 7) is 2.05. The lowest BCUT2D eigenvalue weighted by molar-refractivity contribution is 0.102. The van der Waals surface area contributed by atoms with Gasteiger partial charge in [-0.15, -0.1) is 0 Å². The third kappa shape index (κ3) is 4.65. The van der Waals surface area contributed by atoms with Crippen LogP contribution in [0.2, 0.25) is 0 Å². The Morgan fingerprint density at radius 3 is 2.38 bits per heavy atom. The lowest BCUT2D eigenvalue weighted by Gasteiger charge is -2.20. The number of nitrogens with zero attached hydrogens (tertiary/aromatic N) is 3. The molecular weight excluding hydrogens is 448 g/mol. The van der Waals surface area contributed by atoms with Crippen LogP contribution < -0.4 is 5.32 Å². The van der Waals surface area contributed by atoms with Gasteiger partial charge in [-0.25, -0.2) is 13.4 Å². The molecule has 0 bridgehead atoms. The zero-order chi connectivity index (χ0) is 23.5. The molecule has 8 heteroatoms. The number of carbonyl (C=O) groups excluding carboxylic acids is 1. The molecule has 3 heterocycles. The third-order valence-corrected chi connectivity index (χ3v) is 8.60. The van der Waals surface area contributed by atoms with E-state index in [1.807, 2.05) is 30.5 Å². The number of aromatic nitrogens is 2. The van der Waals surface area contributed by atoms with E-state index >= 15 is 0 Å². The summed E-state index contributed by atoms with van der Waals surface area (Å²) < 4.78 is 30.0. The van der Waals surface area contributed by atoms with E-state index in [0.717, 1.165) is 56.5 Å². The number of anilines is 1. The van der Waals surface area contributed by atoms with Gasteiger partial charge in [0.25, 0.3) is 5.91 Å². The summed E-state index contributed by atoms with van der Waals surface area (Å²) in [6, 6.07) is 13.9. The molecule has 1 N–H and O–H groups in total. The van der Waals surface area contributed by atoms with Crippen molar-refractivity contribution in [3.8, 4) is 11.4 Å². The monoisotopic (exact) mass is 478 g/mol. The minimum atomic E-state index is -3.61. The number of carbonyl (C=O) groups is 1. The maximum absolute atomic E-state index is 13.1. The first-order valence-corrected chi connectivity index (χ1v) is 13.5. The van der Waals surface area contributed by atoms with Crippen LogP contribution in [-0.4, -0.2) is 41.3 Å². The number of imidazole rings is 1. The van der Waals surface area contributed by atoms with E-state index in [-0.39, 0.29) is 10.8 Å². The van der Waals surface area contributed by atoms with Crippen LogP contribution >= 0.6 is 0 Å². The van der Waals surface area contributed by atoms with E-state index in [4.69, 9.17) is 0 Å². The molecule has 1 amide bonds. The molecule has 2 aliphatic heterocycles. The largest absolute Gasteiger partial charge is 0.328 e. The van der Waals surface area contributed by atoms with Gasteiger partial charge in [-0.05, 0) is 74.6 Å². The Morgan fingerprint density at radius 2 is 1.62 bits per heavy atom. The smallest absolute Gasteiger partial charge is 0.255 e. The number of rotatable bonds is 5. The maximum Gasteiger partial charge on any atom is 0.255 e. The number of benzene rings is 2. The van der Waals surface area contributed by atoms with Crippen molar-refractivity contribution in [3.05, 3.63) is 66.0 Å². The average molecular weight is 479 g/mol. The molecule has 0 saturated carbocycles. The summed E-state index contributed by atoms with van der Waals surface area (Å²) in [5, 5.41) is 2.89. The Balaban J connectivity index is 1.30. The Kier molecular flexibility index (Phi) is 6.52. The molecule has 1 fully saturated rings. The predicted molar refractivity (Wildman–Crippen MR) is 132 cm³/mol. The second-order valence-corrected chi connectivity index (χ2v) is 11.0. The highest BCUT2D eigenvalue weighted by Gasteiger charge is 2.26. The fourth-order valence-electron chi connectivity index (χ4n) is 4.80. The molecule has 0 unspecified atom stereocenters. The molecule has 0 atom stereocenters. The molecule has 3 aromatic rings. The Labute approximate surface area is 200 Å². The molecular formula is C26H30N4O3S. The van der Waals surface area contributed by atoms with Crippen LogP contribution in [0.4, 0.5) is 5.69 Å². The lowest BCUT2D eigenvalue weighted by atomic mass is 10.1. The second kappa shape index (κ2) is 9.72. The van der Waals surface area contributed by atoms with Crippen LogP contribution in [0.3, 0.4) is 0 Å². The van der Waals surface area contributed by atoms with Gasteiger partial charge in [0.05, 0.1) is 4.90 Å². The third-order valence-electron chi connectivity index (χ3n) is 6.70. The highest BCUT2D eigenvalue weighted by Crippen LogP contribution is 2.26. The number of hydrogen-bond acceptors (Lipinski definition) is 4. The number of hydrogen-bond donors (Lipinski definition) is 1. The van der Waals surface area contributed by atoms with Crippen LogP contribution in [0.5, 0.6) is 0 Å². The molecule has 0 aliphatic carbocycles. The molecule has 1 saturated heterocycles. The molecule has 34 heavy (non-hydrogen) atoms. The molecule has 0 radical (unpaired) electrons. The summed E-state index contributed by atoms with van der Waals surface area (Å²) in [5.74, 6) is 0.623. The van der Waals surface area contributed by atoms with E-state index in [0.29, 0.717) is 24.3 Å². The number of nitrogens with one attached hydrogen (secondary N) is 1. The Morgan fingerprint density at radius 1 is 0.882 bits per heavy atom. The molecule has 0 spiro atoms. The van der Waals surface area contributed by atoms with Crippen LogP contribution in [0, 0.1) is 0 Å². The zero-order valence-electron chi connectivity index (χ0n) is 19.2. The summed E-state index contributed by atoms with van der Waals surface area (Å²) in [5.41, 5.74) is 3.26. The first kappa shape index (κ1) is 22.8. The van der Waals surface area contributed by atoms with Gasteiger partial charge >= 0.3 is 0 Å². The standard InChI is InChI=1S/C26H30N4O3S/c31-26(21-8-7-10-24(18-21)34(32,33)29-15-4-1-2-5-16-29)28-22-13-11-20(12-14-22)25-27-19-23-9-3-6-17-30(23)25/h7-8,10-14,18-19H,1-6,9,15-17H2,(H,28,31). The fraction of sp³-hybridized carbons (Fsp3) is 0.385. The van der Waals surface area contributed by atoms with E-state index in [9.17, 15) is 13.2 Å². The normalized spacial score (nSPS) is 17.1. The molecule has 1 aromatic heterocycles. The molecule has 178 valence electrons. The number of aryl methyl sites for hydroxylation is 1. The summed E-state index contributed by atoms with van der Waals surface area (Å²) in [7, 11) is -3.61. The van der Waals surface area contributed by atoms with Crippen molar-refractivity contribution >= 4 is 21.6 Å². The number of amides is 1. The van der Waals surface area contributed by atoms with Gasteiger partial charge in [-0.1, -0.05) is 18.9 Å². The maximum atomic E-state index is 13.1. The SMILES string of the molecule is O=C(Nc1ccc(-c2ncc3n2CCCC3)cc1)c1cccc(S(=O)(=O)N2CCCCCC2)c1. The van der Waals surface area contributed by atoms with Gasteiger partial charge in [-0.3, -0.25) is 4.79 Å². The van der Waals surface area contributed by atoms with E-state index in [2.05, 4.69) is 14.9 Å². The fourth-order valence-corrected chi connectivity index (χ4v) is 6.36. The predicted octanol–water partition coefficient (Wildman–Crippen LogP) is 4.70. The summed E-state index contributed by atoms with van der Waals surface area (Å²) in [4.78, 5) is 17.7. The van der Waals surface area contributed by atoms with E-state index < -0.39 is 10.0 Å². The first-order chi connectivity index (χ1) is 16.5. The molecule has 7 nitrogen and oxygen atoms in total. The number of sulfonamides is 1. The van der Waals surface area contributed by atoms with Crippen molar-refractivity contribution in [2.75, 3.05) is 18.4 Å². The Hall–Kier alpha value is -2.97. The average Bonchev–Trinajstić information content (AvgIpc) is 3.09. The van der Waals surface area contributed by atoms with Gasteiger partial charge in [0, 0.05) is 48.3 Å². The van der Waals surface area contributed by atoms with Crippen molar-refractivity contribution in [3.63, 3.8) is 0 Å². The summed E-state index contributed by atoms with van der Waals surface area (Å²) in [6.07, 6.45) is 9.23. The number of fused-ring (bicyclic) bond motifs is 1. The molecule has 5 rings (SSSR count). The summed E-state index contributed by atoms with van der Waals surface area (Å²) >= 11 is 0. The van der Waals surface area contributed by atoms with Crippen LogP contribution in [0.15, 0.2) is 59.6 Å². The van der Waals surface area contributed by atoms with Crippen molar-refractivity contribution in [1.82, 2.24) is 13.9 Å².